The highest BCUT2D eigenvalue weighted by Gasteiger charge is 2.18. The molecule has 0 fully saturated rings. The van der Waals surface area contributed by atoms with Crippen molar-refractivity contribution in [3.63, 3.8) is 0 Å². The lowest BCUT2D eigenvalue weighted by molar-refractivity contribution is 0.135. The number of benzene rings is 2. The van der Waals surface area contributed by atoms with Crippen molar-refractivity contribution in [2.45, 2.75) is 6.10 Å². The van der Waals surface area contributed by atoms with E-state index in [1.807, 2.05) is 60.7 Å². The molecule has 0 bridgehead atoms. The normalized spacial score (nSPS) is 13.1. The average Bonchev–Trinajstić information content (AvgIpc) is 2.49. The molecule has 3 nitrogen and oxygen atoms in total. The van der Waals surface area contributed by atoms with Crippen LogP contribution >= 0.6 is 0 Å². The summed E-state index contributed by atoms with van der Waals surface area (Å²) in [4.78, 5) is 4.49. The second-order valence-electron chi connectivity index (χ2n) is 4.02. The molecule has 2 aromatic rings. The zero-order chi connectivity index (χ0) is 13.5. The molecular weight excluding hydrogens is 238 g/mol. The third-order valence-electron chi connectivity index (χ3n) is 2.77. The fourth-order valence-corrected chi connectivity index (χ4v) is 1.85. The van der Waals surface area contributed by atoms with E-state index in [9.17, 15) is 0 Å². The first kappa shape index (κ1) is 13.3. The Hall–Kier alpha value is -2.13. The van der Waals surface area contributed by atoms with E-state index in [0.29, 0.717) is 5.90 Å². The summed E-state index contributed by atoms with van der Waals surface area (Å²) in [5, 5.41) is 0. The average molecular weight is 255 g/mol. The molecule has 2 rings (SSSR count). The highest BCUT2D eigenvalue weighted by molar-refractivity contribution is 5.84. The largest absolute Gasteiger partial charge is 0.482 e. The topological polar surface area (TPSA) is 30.8 Å². The molecule has 1 atom stereocenters. The Morgan fingerprint density at radius 1 is 0.895 bits per heavy atom. The Morgan fingerprint density at radius 2 is 1.47 bits per heavy atom. The van der Waals surface area contributed by atoms with Gasteiger partial charge in [0.2, 0.25) is 5.90 Å². The fourth-order valence-electron chi connectivity index (χ4n) is 1.85. The van der Waals surface area contributed by atoms with Crippen molar-refractivity contribution in [3.8, 4) is 0 Å². The van der Waals surface area contributed by atoms with Gasteiger partial charge in [-0.05, 0) is 17.7 Å². The minimum atomic E-state index is -0.300. The molecule has 1 unspecified atom stereocenters. The molecule has 2 aromatic carbocycles. The monoisotopic (exact) mass is 255 g/mol. The van der Waals surface area contributed by atoms with Crippen LogP contribution in [0, 0.1) is 0 Å². The van der Waals surface area contributed by atoms with Gasteiger partial charge in [-0.2, -0.15) is 0 Å². The summed E-state index contributed by atoms with van der Waals surface area (Å²) < 4.78 is 10.9. The van der Waals surface area contributed by atoms with Crippen LogP contribution in [0.4, 0.5) is 5.69 Å². The van der Waals surface area contributed by atoms with Gasteiger partial charge < -0.3 is 9.47 Å². The highest BCUT2D eigenvalue weighted by atomic mass is 16.5. The predicted octanol–water partition coefficient (Wildman–Crippen LogP) is 3.75. The molecule has 0 aliphatic heterocycles. The minimum Gasteiger partial charge on any atom is -0.482 e. The first-order valence-corrected chi connectivity index (χ1v) is 6.10. The predicted molar refractivity (Wildman–Crippen MR) is 76.7 cm³/mol. The van der Waals surface area contributed by atoms with Gasteiger partial charge in [-0.15, -0.1) is 0 Å². The van der Waals surface area contributed by atoms with Crippen LogP contribution in [0.2, 0.25) is 0 Å². The van der Waals surface area contributed by atoms with Gasteiger partial charge in [0.05, 0.1) is 12.8 Å². The van der Waals surface area contributed by atoms with Crippen LogP contribution in [-0.2, 0) is 9.47 Å². The molecule has 0 radical (unpaired) electrons. The van der Waals surface area contributed by atoms with Gasteiger partial charge in [0.25, 0.3) is 0 Å². The fraction of sp³-hybridized carbons (Fsp3) is 0.188. The first-order chi connectivity index (χ1) is 9.35. The highest BCUT2D eigenvalue weighted by Crippen LogP contribution is 2.21. The third-order valence-corrected chi connectivity index (χ3v) is 2.77. The van der Waals surface area contributed by atoms with E-state index in [-0.39, 0.29) is 6.10 Å². The number of ether oxygens (including phenoxy) is 2. The third kappa shape index (κ3) is 3.42. The molecule has 0 N–H and O–H groups in total. The SMILES string of the molecule is COC(=Nc1ccccc1)C(OC)c1ccccc1. The standard InChI is InChI=1S/C16H17NO2/c1-18-15(13-9-5-3-6-10-13)16(19-2)17-14-11-7-4-8-12-14/h3-12,15H,1-2H3. The lowest BCUT2D eigenvalue weighted by Crippen LogP contribution is -2.16. The molecule has 0 aromatic heterocycles. The van der Waals surface area contributed by atoms with Gasteiger partial charge in [-0.1, -0.05) is 48.5 Å². The Morgan fingerprint density at radius 3 is 2.00 bits per heavy atom. The summed E-state index contributed by atoms with van der Waals surface area (Å²) in [6, 6.07) is 19.6. The van der Waals surface area contributed by atoms with Gasteiger partial charge in [0.15, 0.2) is 6.10 Å². The summed E-state index contributed by atoms with van der Waals surface area (Å²) >= 11 is 0. The summed E-state index contributed by atoms with van der Waals surface area (Å²) in [6.07, 6.45) is -0.300. The molecule has 3 heteroatoms. The second-order valence-corrected chi connectivity index (χ2v) is 4.02. The van der Waals surface area contributed by atoms with Gasteiger partial charge in [0.1, 0.15) is 0 Å². The summed E-state index contributed by atoms with van der Waals surface area (Å²) in [5.41, 5.74) is 1.86. The van der Waals surface area contributed by atoms with Crippen molar-refractivity contribution in [3.05, 3.63) is 66.2 Å². The molecule has 0 heterocycles. The van der Waals surface area contributed by atoms with Crippen LogP contribution in [0.25, 0.3) is 0 Å². The minimum absolute atomic E-state index is 0.300. The van der Waals surface area contributed by atoms with E-state index in [2.05, 4.69) is 4.99 Å². The lowest BCUT2D eigenvalue weighted by Gasteiger charge is -2.17. The summed E-state index contributed by atoms with van der Waals surface area (Å²) in [7, 11) is 3.26. The zero-order valence-corrected chi connectivity index (χ0v) is 11.1. The number of aliphatic imine (C=N–C) groups is 1. The molecule has 0 saturated carbocycles. The first-order valence-electron chi connectivity index (χ1n) is 6.10. The maximum atomic E-state index is 5.51. The lowest BCUT2D eigenvalue weighted by atomic mass is 10.1. The molecule has 98 valence electrons. The Bertz CT molecular complexity index is 523. The van der Waals surface area contributed by atoms with Crippen LogP contribution in [-0.4, -0.2) is 20.1 Å². The van der Waals surface area contributed by atoms with Gasteiger partial charge in [-0.25, -0.2) is 4.99 Å². The smallest absolute Gasteiger partial charge is 0.223 e. The van der Waals surface area contributed by atoms with E-state index >= 15 is 0 Å². The number of rotatable bonds is 4. The molecule has 0 amide bonds. The van der Waals surface area contributed by atoms with E-state index in [4.69, 9.17) is 9.47 Å². The van der Waals surface area contributed by atoms with Gasteiger partial charge >= 0.3 is 0 Å². The number of hydrogen-bond acceptors (Lipinski definition) is 3. The van der Waals surface area contributed by atoms with Crippen molar-refractivity contribution in [1.29, 1.82) is 0 Å². The maximum absolute atomic E-state index is 5.51. The zero-order valence-electron chi connectivity index (χ0n) is 11.1. The summed E-state index contributed by atoms with van der Waals surface area (Å²) in [5.74, 6) is 0.542. The second kappa shape index (κ2) is 6.71. The van der Waals surface area contributed by atoms with Crippen molar-refractivity contribution in [1.82, 2.24) is 0 Å². The number of nitrogens with zero attached hydrogens (tertiary/aromatic N) is 1. The van der Waals surface area contributed by atoms with Crippen LogP contribution in [0.15, 0.2) is 65.7 Å². The van der Waals surface area contributed by atoms with E-state index in [1.165, 1.54) is 0 Å². The molecular formula is C16H17NO2. The molecule has 0 saturated heterocycles. The molecule has 0 spiro atoms. The van der Waals surface area contributed by atoms with Crippen LogP contribution in [0.5, 0.6) is 0 Å². The molecule has 19 heavy (non-hydrogen) atoms. The van der Waals surface area contributed by atoms with Crippen molar-refractivity contribution < 1.29 is 9.47 Å². The van der Waals surface area contributed by atoms with Crippen molar-refractivity contribution in [2.24, 2.45) is 4.99 Å². The molecule has 0 aliphatic rings. The van der Waals surface area contributed by atoms with Crippen LogP contribution in [0.3, 0.4) is 0 Å². The number of hydrogen-bond donors (Lipinski definition) is 0. The summed E-state index contributed by atoms with van der Waals surface area (Å²) in [6.45, 7) is 0. The Balaban J connectivity index is 2.32. The van der Waals surface area contributed by atoms with E-state index < -0.39 is 0 Å². The maximum Gasteiger partial charge on any atom is 0.223 e. The molecule has 0 aliphatic carbocycles. The van der Waals surface area contributed by atoms with Crippen LogP contribution < -0.4 is 0 Å². The van der Waals surface area contributed by atoms with Crippen LogP contribution in [0.1, 0.15) is 11.7 Å². The number of para-hydroxylation sites is 1. The van der Waals surface area contributed by atoms with E-state index in [0.717, 1.165) is 11.3 Å². The van der Waals surface area contributed by atoms with Gasteiger partial charge in [0, 0.05) is 7.11 Å². The number of methoxy groups -OCH3 is 2. The quantitative estimate of drug-likeness (QED) is 0.615. The Labute approximate surface area is 113 Å². The van der Waals surface area contributed by atoms with Crippen molar-refractivity contribution in [2.75, 3.05) is 14.2 Å². The van der Waals surface area contributed by atoms with E-state index in [1.54, 1.807) is 14.2 Å². The Kier molecular flexibility index (Phi) is 4.70. The van der Waals surface area contributed by atoms with Gasteiger partial charge in [-0.3, -0.25) is 0 Å². The van der Waals surface area contributed by atoms with Crippen molar-refractivity contribution >= 4 is 11.6 Å².